The summed E-state index contributed by atoms with van der Waals surface area (Å²) in [6, 6.07) is 7.25. The number of imidazole rings is 1. The van der Waals surface area contributed by atoms with Gasteiger partial charge in [0.1, 0.15) is 21.5 Å². The number of pyridine rings is 1. The molecule has 4 heterocycles. The number of benzene rings is 1. The summed E-state index contributed by atoms with van der Waals surface area (Å²) in [4.78, 5) is 10.8. The normalized spacial score (nSPS) is 19.2. The van der Waals surface area contributed by atoms with Gasteiger partial charge in [-0.25, -0.2) is 22.2 Å². The van der Waals surface area contributed by atoms with Crippen LogP contribution in [0.4, 0.5) is 26.1 Å². The highest BCUT2D eigenvalue weighted by atomic mass is 32.2. The second-order valence-corrected chi connectivity index (χ2v) is 13.7. The number of nitrogens with zero attached hydrogens (tertiary/aromatic N) is 5. The van der Waals surface area contributed by atoms with Gasteiger partial charge in [0.05, 0.1) is 71.7 Å². The first kappa shape index (κ1) is 31.7. The average Bonchev–Trinajstić information content (AvgIpc) is 3.34. The van der Waals surface area contributed by atoms with Gasteiger partial charge in [0, 0.05) is 37.5 Å². The Labute approximate surface area is 255 Å². The van der Waals surface area contributed by atoms with Crippen LogP contribution in [-0.2, 0) is 25.9 Å². The molecule has 3 unspecified atom stereocenters. The van der Waals surface area contributed by atoms with Crippen LogP contribution in [0, 0.1) is 17.6 Å². The Morgan fingerprint density at radius 2 is 1.89 bits per heavy atom. The summed E-state index contributed by atoms with van der Waals surface area (Å²) in [6.45, 7) is 6.98. The summed E-state index contributed by atoms with van der Waals surface area (Å²) in [7, 11) is -3.14. The van der Waals surface area contributed by atoms with Crippen molar-refractivity contribution in [2.75, 3.05) is 41.9 Å². The van der Waals surface area contributed by atoms with Crippen LogP contribution in [0.25, 0.3) is 16.8 Å². The summed E-state index contributed by atoms with van der Waals surface area (Å²) in [5, 5.41) is 7.79. The standard InChI is InChI=1S/C30H37F2N7O4S/c1-18(2)43-17-20-11-22(31)28(23(32)12-20)25-6-5-21-13-35-30(39(21)37-25)36-26-14-34-8-7-27(26)38-15-19(3)29(24(33)16-38)42-9-10-44(4,40)41/h5-8,11-14,18-19,24,29H,9-10,15-17,33H2,1-4H3,(H,35,36). The van der Waals surface area contributed by atoms with Crippen molar-refractivity contribution in [2.45, 2.75) is 45.6 Å². The summed E-state index contributed by atoms with van der Waals surface area (Å²) in [6.07, 6.45) is 5.75. The Morgan fingerprint density at radius 1 is 1.14 bits per heavy atom. The number of nitrogens with one attached hydrogen (secondary N) is 1. The zero-order chi connectivity index (χ0) is 31.6. The van der Waals surface area contributed by atoms with Gasteiger partial charge in [0.2, 0.25) is 5.95 Å². The first-order valence-electron chi connectivity index (χ1n) is 14.3. The van der Waals surface area contributed by atoms with E-state index >= 15 is 8.78 Å². The molecule has 0 radical (unpaired) electrons. The molecule has 1 saturated heterocycles. The summed E-state index contributed by atoms with van der Waals surface area (Å²) in [5.41, 5.74) is 8.82. The molecule has 0 spiro atoms. The second kappa shape index (κ2) is 13.1. The van der Waals surface area contributed by atoms with Gasteiger partial charge in [0.25, 0.3) is 0 Å². The Morgan fingerprint density at radius 3 is 2.57 bits per heavy atom. The van der Waals surface area contributed by atoms with Crippen LogP contribution < -0.4 is 16.0 Å². The van der Waals surface area contributed by atoms with E-state index in [1.54, 1.807) is 30.7 Å². The van der Waals surface area contributed by atoms with E-state index in [4.69, 9.17) is 15.2 Å². The lowest BCUT2D eigenvalue weighted by Gasteiger charge is -2.42. The van der Waals surface area contributed by atoms with Crippen molar-refractivity contribution in [3.05, 3.63) is 66.1 Å². The summed E-state index contributed by atoms with van der Waals surface area (Å²) in [5.74, 6) is -1.19. The lowest BCUT2D eigenvalue weighted by molar-refractivity contribution is 0.00183. The van der Waals surface area contributed by atoms with E-state index < -0.39 is 21.5 Å². The molecule has 0 saturated carbocycles. The molecule has 1 aliphatic heterocycles. The minimum absolute atomic E-state index is 0.0175. The van der Waals surface area contributed by atoms with Crippen LogP contribution in [0.15, 0.2) is 48.9 Å². The average molecular weight is 630 g/mol. The fraction of sp³-hybridized carbons (Fsp3) is 0.433. The van der Waals surface area contributed by atoms with Gasteiger partial charge >= 0.3 is 0 Å². The number of rotatable bonds is 11. The van der Waals surface area contributed by atoms with Gasteiger partial charge in [-0.3, -0.25) is 4.98 Å². The number of aromatic nitrogens is 4. The molecule has 1 aromatic carbocycles. The highest BCUT2D eigenvalue weighted by Crippen LogP contribution is 2.32. The molecule has 3 aromatic heterocycles. The minimum Gasteiger partial charge on any atom is -0.375 e. The molecule has 4 aromatic rings. The van der Waals surface area contributed by atoms with Crippen LogP contribution in [-0.4, -0.2) is 78.0 Å². The maximum Gasteiger partial charge on any atom is 0.229 e. The Balaban J connectivity index is 1.37. The molecule has 0 aliphatic carbocycles. The van der Waals surface area contributed by atoms with Crippen molar-refractivity contribution in [3.8, 4) is 11.3 Å². The molecule has 1 aliphatic rings. The van der Waals surface area contributed by atoms with Gasteiger partial charge in [-0.1, -0.05) is 6.92 Å². The van der Waals surface area contributed by atoms with Crippen molar-refractivity contribution < 1.29 is 26.7 Å². The number of nitrogens with two attached hydrogens (primary N) is 1. The number of ether oxygens (including phenoxy) is 2. The lowest BCUT2D eigenvalue weighted by atomic mass is 9.92. The predicted octanol–water partition coefficient (Wildman–Crippen LogP) is 3.95. The van der Waals surface area contributed by atoms with E-state index in [2.05, 4.69) is 25.3 Å². The van der Waals surface area contributed by atoms with Gasteiger partial charge in [0.15, 0.2) is 0 Å². The van der Waals surface area contributed by atoms with Crippen molar-refractivity contribution in [2.24, 2.45) is 11.7 Å². The SMILES string of the molecule is CC(C)OCc1cc(F)c(-c2ccc3cnc(Nc4cnccc4N4CC(C)C(OCCS(C)(=O)=O)C(N)C4)n3n2)c(F)c1. The zero-order valence-electron chi connectivity index (χ0n) is 25.1. The number of hydrogen-bond acceptors (Lipinski definition) is 10. The van der Waals surface area contributed by atoms with Gasteiger partial charge in [-0.2, -0.15) is 9.61 Å². The predicted molar refractivity (Wildman–Crippen MR) is 165 cm³/mol. The molecular formula is C30H37F2N7O4S. The molecule has 44 heavy (non-hydrogen) atoms. The highest BCUT2D eigenvalue weighted by molar-refractivity contribution is 7.90. The first-order chi connectivity index (χ1) is 20.9. The van der Waals surface area contributed by atoms with Gasteiger partial charge in [-0.15, -0.1) is 0 Å². The zero-order valence-corrected chi connectivity index (χ0v) is 25.9. The lowest BCUT2D eigenvalue weighted by Crippen LogP contribution is -2.57. The topological polar surface area (TPSA) is 137 Å². The molecule has 0 bridgehead atoms. The third kappa shape index (κ3) is 7.32. The largest absolute Gasteiger partial charge is 0.375 e. The molecule has 3 N–H and O–H groups in total. The van der Waals surface area contributed by atoms with Crippen molar-refractivity contribution in [3.63, 3.8) is 0 Å². The van der Waals surface area contributed by atoms with Crippen molar-refractivity contribution >= 4 is 32.7 Å². The maximum atomic E-state index is 15.1. The van der Waals surface area contributed by atoms with Crippen LogP contribution in [0.1, 0.15) is 26.3 Å². The monoisotopic (exact) mass is 629 g/mol. The van der Waals surface area contributed by atoms with E-state index in [9.17, 15) is 8.42 Å². The molecular weight excluding hydrogens is 592 g/mol. The maximum absolute atomic E-state index is 15.1. The Hall–Kier alpha value is -3.72. The number of halogens is 2. The minimum atomic E-state index is -3.14. The van der Waals surface area contributed by atoms with Crippen LogP contribution in [0.5, 0.6) is 0 Å². The molecule has 236 valence electrons. The van der Waals surface area contributed by atoms with Gasteiger partial charge in [-0.05, 0) is 49.7 Å². The summed E-state index contributed by atoms with van der Waals surface area (Å²) >= 11 is 0. The molecule has 11 nitrogen and oxygen atoms in total. The van der Waals surface area contributed by atoms with Crippen molar-refractivity contribution in [1.82, 2.24) is 19.6 Å². The van der Waals surface area contributed by atoms with E-state index in [0.29, 0.717) is 35.8 Å². The van der Waals surface area contributed by atoms with E-state index in [1.165, 1.54) is 22.9 Å². The summed E-state index contributed by atoms with van der Waals surface area (Å²) < 4.78 is 66.1. The van der Waals surface area contributed by atoms with Crippen LogP contribution in [0.3, 0.4) is 0 Å². The third-order valence-electron chi connectivity index (χ3n) is 7.40. The fourth-order valence-electron chi connectivity index (χ4n) is 5.32. The highest BCUT2D eigenvalue weighted by Gasteiger charge is 2.34. The third-order valence-corrected chi connectivity index (χ3v) is 8.31. The smallest absolute Gasteiger partial charge is 0.229 e. The fourth-order valence-corrected chi connectivity index (χ4v) is 5.72. The van der Waals surface area contributed by atoms with Crippen molar-refractivity contribution in [1.29, 1.82) is 0 Å². The number of fused-ring (bicyclic) bond motifs is 1. The molecule has 14 heteroatoms. The van der Waals surface area contributed by atoms with Gasteiger partial charge < -0.3 is 25.4 Å². The molecule has 5 rings (SSSR count). The quantitative estimate of drug-likeness (QED) is 0.251. The van der Waals surface area contributed by atoms with Crippen LogP contribution >= 0.6 is 0 Å². The van der Waals surface area contributed by atoms with E-state index in [1.807, 2.05) is 26.8 Å². The molecule has 3 atom stereocenters. The van der Waals surface area contributed by atoms with E-state index in [-0.39, 0.29) is 54.4 Å². The van der Waals surface area contributed by atoms with Crippen LogP contribution in [0.2, 0.25) is 0 Å². The first-order valence-corrected chi connectivity index (χ1v) is 16.4. The Kier molecular flexibility index (Phi) is 9.44. The number of hydrogen-bond donors (Lipinski definition) is 2. The van der Waals surface area contributed by atoms with E-state index in [0.717, 1.165) is 5.69 Å². The number of anilines is 3. The second-order valence-electron chi connectivity index (χ2n) is 11.5. The Bertz CT molecular complexity index is 1700. The molecule has 0 amide bonds. The molecule has 1 fully saturated rings. The number of sulfone groups is 1. The number of piperidine rings is 1.